The van der Waals surface area contributed by atoms with Gasteiger partial charge in [-0.15, -0.1) is 5.10 Å². The summed E-state index contributed by atoms with van der Waals surface area (Å²) in [6.07, 6.45) is -6.64. The SMILES string of the molecule is C[C@@H]1CC[C@H]2C(COCc3cn(CCO[C@@]4(C(F)(F)F)O[C@@H]5O[C@@]6(C)CCC7[C@H](C)CC[C@@H]([C@H]4C)[C@]75OO6)nn3)=C(C(F)(F)F)O[C@@H]3O[C@@]4(C)CCC1[C@]32OO4. The van der Waals surface area contributed by atoms with Gasteiger partial charge in [0.2, 0.25) is 23.6 Å². The predicted molar refractivity (Wildman–Crippen MR) is 174 cm³/mol. The van der Waals surface area contributed by atoms with Crippen LogP contribution in [0.5, 0.6) is 0 Å². The molecule has 14 atom stereocenters. The van der Waals surface area contributed by atoms with Crippen molar-refractivity contribution in [2.24, 2.45) is 41.4 Å². The molecule has 56 heavy (non-hydrogen) atoms. The Labute approximate surface area is 319 Å². The van der Waals surface area contributed by atoms with Crippen molar-refractivity contribution in [2.75, 3.05) is 13.2 Å². The fraction of sp³-hybridized carbons (Fsp3) is 0.892. The van der Waals surface area contributed by atoms with Crippen LogP contribution in [0.15, 0.2) is 17.5 Å². The van der Waals surface area contributed by atoms with Crippen LogP contribution < -0.4 is 0 Å². The summed E-state index contributed by atoms with van der Waals surface area (Å²) in [6.45, 7) is 7.58. The van der Waals surface area contributed by atoms with Crippen molar-refractivity contribution in [1.29, 1.82) is 0 Å². The van der Waals surface area contributed by atoms with Crippen LogP contribution in [0.1, 0.15) is 91.7 Å². The van der Waals surface area contributed by atoms with E-state index in [2.05, 4.69) is 24.2 Å². The molecule has 0 amide bonds. The van der Waals surface area contributed by atoms with Crippen molar-refractivity contribution >= 4 is 0 Å². The number of nitrogens with zero attached hydrogens (tertiary/aromatic N) is 3. The summed E-state index contributed by atoms with van der Waals surface area (Å²) in [4.78, 5) is 23.5. The fourth-order valence-electron chi connectivity index (χ4n) is 11.5. The minimum atomic E-state index is -4.94. The van der Waals surface area contributed by atoms with Crippen LogP contribution in [0, 0.1) is 41.4 Å². The molecule has 2 spiro atoms. The van der Waals surface area contributed by atoms with Crippen LogP contribution in [-0.4, -0.2) is 81.7 Å². The Bertz CT molecular complexity index is 1710. The van der Waals surface area contributed by atoms with Gasteiger partial charge < -0.3 is 28.4 Å². The third-order valence-electron chi connectivity index (χ3n) is 14.3. The van der Waals surface area contributed by atoms with Gasteiger partial charge in [0.15, 0.2) is 17.5 Å². The van der Waals surface area contributed by atoms with Gasteiger partial charge in [0.25, 0.3) is 5.79 Å². The Kier molecular flexibility index (Phi) is 9.28. The van der Waals surface area contributed by atoms with Crippen LogP contribution in [0.25, 0.3) is 0 Å². The summed E-state index contributed by atoms with van der Waals surface area (Å²) in [5.74, 6) is -9.26. The van der Waals surface area contributed by atoms with E-state index in [4.69, 9.17) is 48.0 Å². The molecule has 19 heteroatoms. The van der Waals surface area contributed by atoms with Gasteiger partial charge in [-0.1, -0.05) is 26.0 Å². The smallest absolute Gasteiger partial charge is 0.449 e. The summed E-state index contributed by atoms with van der Waals surface area (Å²) >= 11 is 0. The Hall–Kier alpha value is -2.10. The zero-order valence-corrected chi connectivity index (χ0v) is 32.0. The quantitative estimate of drug-likeness (QED) is 0.198. The van der Waals surface area contributed by atoms with Gasteiger partial charge >= 0.3 is 12.4 Å². The number of allylic oxidation sites excluding steroid dienone is 1. The number of rotatable bonds is 8. The first kappa shape index (κ1) is 39.4. The van der Waals surface area contributed by atoms with E-state index in [1.54, 1.807) is 13.8 Å². The number of fused-ring (bicyclic) bond motifs is 4. The van der Waals surface area contributed by atoms with Crippen LogP contribution in [0.3, 0.4) is 0 Å². The molecule has 314 valence electrons. The van der Waals surface area contributed by atoms with Crippen molar-refractivity contribution < 1.29 is 74.3 Å². The lowest BCUT2D eigenvalue weighted by Crippen LogP contribution is -2.76. The molecule has 0 N–H and O–H groups in total. The zero-order chi connectivity index (χ0) is 39.7. The average molecular weight is 810 g/mol. The maximum atomic E-state index is 15.2. The monoisotopic (exact) mass is 809 g/mol. The first-order chi connectivity index (χ1) is 26.3. The number of hydrogen-bond donors (Lipinski definition) is 0. The molecule has 7 saturated heterocycles. The second kappa shape index (κ2) is 13.2. The summed E-state index contributed by atoms with van der Waals surface area (Å²) in [6, 6.07) is 0. The van der Waals surface area contributed by atoms with Gasteiger partial charge in [-0.05, 0) is 70.1 Å². The molecular formula is C37H49F6N3O10. The molecule has 1 aromatic rings. The predicted octanol–water partition coefficient (Wildman–Crippen LogP) is 7.01. The van der Waals surface area contributed by atoms with E-state index < -0.39 is 90.2 Å². The van der Waals surface area contributed by atoms with Gasteiger partial charge in [-0.25, -0.2) is 24.2 Å². The molecule has 2 unspecified atom stereocenters. The largest absolute Gasteiger partial charge is 0.456 e. The minimum Gasteiger partial charge on any atom is -0.456 e. The average Bonchev–Trinajstić information content (AvgIpc) is 3.27. The molecule has 2 saturated carbocycles. The summed E-state index contributed by atoms with van der Waals surface area (Å²) in [7, 11) is 0. The number of ether oxygens (including phenoxy) is 6. The first-order valence-electron chi connectivity index (χ1n) is 19.8. The molecule has 2 aliphatic carbocycles. The lowest BCUT2D eigenvalue weighted by atomic mass is 9.57. The summed E-state index contributed by atoms with van der Waals surface area (Å²) in [5, 5.41) is 8.06. The Balaban J connectivity index is 0.886. The van der Waals surface area contributed by atoms with E-state index in [1.807, 2.05) is 0 Å². The molecule has 4 bridgehead atoms. The molecule has 1 aromatic heterocycles. The summed E-state index contributed by atoms with van der Waals surface area (Å²) in [5.41, 5.74) is -2.35. The normalized spacial score (nSPS) is 47.2. The van der Waals surface area contributed by atoms with Crippen LogP contribution in [-0.2, 0) is 61.1 Å². The minimum absolute atomic E-state index is 0.0967. The lowest BCUT2D eigenvalue weighted by Gasteiger charge is -2.62. The van der Waals surface area contributed by atoms with Crippen molar-refractivity contribution in [3.8, 4) is 0 Å². The van der Waals surface area contributed by atoms with Crippen molar-refractivity contribution in [3.05, 3.63) is 23.2 Å². The van der Waals surface area contributed by atoms with E-state index >= 15 is 13.2 Å². The van der Waals surface area contributed by atoms with Gasteiger partial charge in [-0.3, -0.25) is 0 Å². The number of halogens is 6. The molecule has 0 radical (unpaired) electrons. The van der Waals surface area contributed by atoms with Crippen LogP contribution in [0.4, 0.5) is 26.3 Å². The van der Waals surface area contributed by atoms with E-state index in [0.29, 0.717) is 51.4 Å². The Morgan fingerprint density at radius 2 is 1.41 bits per heavy atom. The Morgan fingerprint density at radius 3 is 2.09 bits per heavy atom. The van der Waals surface area contributed by atoms with E-state index in [1.165, 1.54) is 17.8 Å². The van der Waals surface area contributed by atoms with Gasteiger partial charge in [0.05, 0.1) is 32.6 Å². The second-order valence-electron chi connectivity index (χ2n) is 17.6. The molecule has 9 fully saturated rings. The topological polar surface area (TPSA) is 123 Å². The highest BCUT2D eigenvalue weighted by Crippen LogP contribution is 2.65. The molecule has 0 aromatic carbocycles. The second-order valence-corrected chi connectivity index (χ2v) is 17.6. The fourth-order valence-corrected chi connectivity index (χ4v) is 11.5. The number of aromatic nitrogens is 3. The maximum absolute atomic E-state index is 15.2. The third-order valence-corrected chi connectivity index (χ3v) is 14.3. The number of alkyl halides is 6. The van der Waals surface area contributed by atoms with Gasteiger partial charge in [-0.2, -0.15) is 26.3 Å². The van der Waals surface area contributed by atoms with Crippen LogP contribution >= 0.6 is 0 Å². The molecule has 10 aliphatic rings. The van der Waals surface area contributed by atoms with Gasteiger partial charge in [0, 0.05) is 42.1 Å². The number of hydrogen-bond acceptors (Lipinski definition) is 12. The lowest BCUT2D eigenvalue weighted by molar-refractivity contribution is -0.599. The third kappa shape index (κ3) is 5.83. The van der Waals surface area contributed by atoms with E-state index in [9.17, 15) is 13.2 Å². The Morgan fingerprint density at radius 1 is 0.768 bits per heavy atom. The van der Waals surface area contributed by atoms with Gasteiger partial charge in [0.1, 0.15) is 5.69 Å². The van der Waals surface area contributed by atoms with Crippen LogP contribution in [0.2, 0.25) is 0 Å². The molecular weight excluding hydrogens is 760 g/mol. The maximum Gasteiger partial charge on any atom is 0.449 e. The standard InChI is InChI=1S/C37H49F6N3O10/c1-19-6-8-26-21(3)35(37(41,42)43,52-30-33(26)24(19)10-13-32(5,51-30)54-55-33)48-15-14-46-16-22(44-45-46)17-47-18-23-27-9-7-20(2)25-11-12-31(4)50-29(34(25,27)56-53-31)49-28(23)36(38,39)40/h16,19-21,24-27,29-30H,6-15,17-18H2,1-5H3/t19-,20-,21-,24?,25?,26+,27+,29-,30+,31-,32-,33-,34-,35-/m1/s1. The zero-order valence-electron chi connectivity index (χ0n) is 32.0. The van der Waals surface area contributed by atoms with Crippen molar-refractivity contribution in [3.63, 3.8) is 0 Å². The summed E-state index contributed by atoms with van der Waals surface area (Å²) < 4.78 is 126. The van der Waals surface area contributed by atoms with E-state index in [0.717, 1.165) is 0 Å². The first-order valence-corrected chi connectivity index (χ1v) is 19.8. The highest BCUT2D eigenvalue weighted by atomic mass is 19.4. The highest BCUT2D eigenvalue weighted by molar-refractivity contribution is 5.28. The molecule has 8 aliphatic heterocycles. The van der Waals surface area contributed by atoms with Crippen molar-refractivity contribution in [2.45, 2.75) is 153 Å². The van der Waals surface area contributed by atoms with E-state index in [-0.39, 0.29) is 48.1 Å². The van der Waals surface area contributed by atoms with Crippen molar-refractivity contribution in [1.82, 2.24) is 15.0 Å². The molecule has 13 nitrogen and oxygen atoms in total. The highest BCUT2D eigenvalue weighted by Gasteiger charge is 2.77. The molecule has 9 heterocycles. The molecule has 11 rings (SSSR count).